The quantitative estimate of drug-likeness (QED) is 0.554. The first-order valence-electron chi connectivity index (χ1n) is 10.5. The summed E-state index contributed by atoms with van der Waals surface area (Å²) in [5, 5.41) is 10.3. The van der Waals surface area contributed by atoms with Gasteiger partial charge in [-0.15, -0.1) is 21.5 Å². The Bertz CT molecular complexity index is 1170. The first kappa shape index (κ1) is 21.4. The van der Waals surface area contributed by atoms with E-state index in [1.807, 2.05) is 24.4 Å². The van der Waals surface area contributed by atoms with Crippen LogP contribution in [0.15, 0.2) is 45.0 Å². The third-order valence-corrected chi connectivity index (χ3v) is 8.46. The number of thiophene rings is 1. The van der Waals surface area contributed by atoms with E-state index in [9.17, 15) is 8.42 Å². The Morgan fingerprint density at radius 2 is 1.81 bits per heavy atom. The second-order valence-corrected chi connectivity index (χ2v) is 10.6. The second-order valence-electron chi connectivity index (χ2n) is 7.70. The minimum absolute atomic E-state index is 0.0980. The third-order valence-electron chi connectivity index (χ3n) is 5.71. The molecule has 0 amide bonds. The molecular weight excluding hydrogens is 452 g/mol. The van der Waals surface area contributed by atoms with E-state index in [4.69, 9.17) is 13.9 Å². The lowest BCUT2D eigenvalue weighted by Crippen LogP contribution is -2.49. The minimum atomic E-state index is -3.63. The first-order chi connectivity index (χ1) is 15.5. The Morgan fingerprint density at radius 1 is 1.03 bits per heavy atom. The molecule has 5 rings (SSSR count). The van der Waals surface area contributed by atoms with Crippen molar-refractivity contribution >= 4 is 21.4 Å². The van der Waals surface area contributed by atoms with E-state index in [-0.39, 0.29) is 10.9 Å². The van der Waals surface area contributed by atoms with E-state index in [0.29, 0.717) is 62.7 Å². The Labute approximate surface area is 190 Å². The summed E-state index contributed by atoms with van der Waals surface area (Å²) in [6, 6.07) is 8.61. The van der Waals surface area contributed by atoms with Crippen molar-refractivity contribution in [2.24, 2.45) is 0 Å². The summed E-state index contributed by atoms with van der Waals surface area (Å²) in [7, 11) is -3.63. The van der Waals surface area contributed by atoms with Gasteiger partial charge in [-0.1, -0.05) is 6.07 Å². The molecule has 1 aromatic carbocycles. The van der Waals surface area contributed by atoms with Crippen molar-refractivity contribution in [3.05, 3.63) is 41.6 Å². The first-order valence-corrected chi connectivity index (χ1v) is 12.9. The van der Waals surface area contributed by atoms with Crippen molar-refractivity contribution in [3.63, 3.8) is 0 Å². The fraction of sp³-hybridized carbons (Fsp3) is 0.429. The molecule has 2 aromatic heterocycles. The van der Waals surface area contributed by atoms with Gasteiger partial charge in [0.2, 0.25) is 15.9 Å². The van der Waals surface area contributed by atoms with E-state index in [2.05, 4.69) is 15.1 Å². The number of rotatable bonds is 5. The highest BCUT2D eigenvalue weighted by molar-refractivity contribution is 7.89. The average molecular weight is 477 g/mol. The molecule has 3 aromatic rings. The van der Waals surface area contributed by atoms with Crippen LogP contribution in [-0.4, -0.2) is 67.2 Å². The summed E-state index contributed by atoms with van der Waals surface area (Å²) in [5.74, 6) is 2.11. The zero-order valence-corrected chi connectivity index (χ0v) is 19.3. The van der Waals surface area contributed by atoms with Gasteiger partial charge >= 0.3 is 0 Å². The summed E-state index contributed by atoms with van der Waals surface area (Å²) in [4.78, 5) is 3.31. The molecule has 0 saturated carbocycles. The summed E-state index contributed by atoms with van der Waals surface area (Å²) >= 11 is 1.55. The van der Waals surface area contributed by atoms with Gasteiger partial charge in [-0.25, -0.2) is 8.42 Å². The van der Waals surface area contributed by atoms with Crippen LogP contribution in [0.3, 0.4) is 0 Å². The molecule has 2 aliphatic rings. The van der Waals surface area contributed by atoms with Crippen LogP contribution in [0, 0.1) is 0 Å². The molecule has 0 radical (unpaired) electrons. The Balaban J connectivity index is 1.25. The lowest BCUT2D eigenvalue weighted by molar-refractivity contribution is 0.129. The van der Waals surface area contributed by atoms with E-state index < -0.39 is 10.0 Å². The smallest absolute Gasteiger partial charge is 0.257 e. The summed E-state index contributed by atoms with van der Waals surface area (Å²) in [6.07, 6.45) is 0.770. The number of ether oxygens (including phenoxy) is 2. The van der Waals surface area contributed by atoms with Crippen molar-refractivity contribution < 1.29 is 22.3 Å². The third kappa shape index (κ3) is 4.13. The number of piperazine rings is 1. The van der Waals surface area contributed by atoms with Gasteiger partial charge in [0.05, 0.1) is 29.0 Å². The highest BCUT2D eigenvalue weighted by Gasteiger charge is 2.32. The van der Waals surface area contributed by atoms with Gasteiger partial charge in [-0.05, 0) is 30.5 Å². The zero-order valence-electron chi connectivity index (χ0n) is 17.6. The summed E-state index contributed by atoms with van der Waals surface area (Å²) in [5.41, 5.74) is 0. The molecule has 11 heteroatoms. The molecule has 0 aliphatic carbocycles. The summed E-state index contributed by atoms with van der Waals surface area (Å²) in [6.45, 7) is 4.98. The van der Waals surface area contributed by atoms with Gasteiger partial charge in [0.25, 0.3) is 5.89 Å². The van der Waals surface area contributed by atoms with Crippen LogP contribution in [0.1, 0.15) is 25.3 Å². The van der Waals surface area contributed by atoms with Crippen LogP contribution in [0.2, 0.25) is 0 Å². The Hall–Kier alpha value is -2.47. The van der Waals surface area contributed by atoms with E-state index in [1.165, 1.54) is 4.31 Å². The van der Waals surface area contributed by atoms with Crippen LogP contribution in [-0.2, 0) is 10.0 Å². The highest BCUT2D eigenvalue weighted by Crippen LogP contribution is 2.33. The van der Waals surface area contributed by atoms with Gasteiger partial charge in [0.15, 0.2) is 11.5 Å². The predicted molar refractivity (Wildman–Crippen MR) is 118 cm³/mol. The van der Waals surface area contributed by atoms with Crippen molar-refractivity contribution in [3.8, 4) is 22.3 Å². The topological polar surface area (TPSA) is 98.0 Å². The lowest BCUT2D eigenvalue weighted by atomic mass is 10.2. The number of hydrogen-bond acceptors (Lipinski definition) is 9. The monoisotopic (exact) mass is 476 g/mol. The molecule has 1 saturated heterocycles. The fourth-order valence-electron chi connectivity index (χ4n) is 3.84. The minimum Gasteiger partial charge on any atom is -0.490 e. The number of aromatic nitrogens is 2. The molecule has 1 atom stereocenters. The number of hydrogen-bond donors (Lipinski definition) is 0. The van der Waals surface area contributed by atoms with Crippen molar-refractivity contribution in [2.45, 2.75) is 24.3 Å². The number of benzene rings is 1. The molecule has 1 fully saturated rings. The maximum absolute atomic E-state index is 13.2. The van der Waals surface area contributed by atoms with Gasteiger partial charge in [-0.3, -0.25) is 4.90 Å². The molecule has 0 N–H and O–H groups in total. The van der Waals surface area contributed by atoms with Gasteiger partial charge in [-0.2, -0.15) is 4.31 Å². The Kier molecular flexibility index (Phi) is 5.89. The van der Waals surface area contributed by atoms with E-state index in [1.54, 1.807) is 29.5 Å². The highest BCUT2D eigenvalue weighted by atomic mass is 32.2. The average Bonchev–Trinajstić information content (AvgIpc) is 3.46. The maximum atomic E-state index is 13.2. The number of fused-ring (bicyclic) bond motifs is 1. The SMILES string of the molecule is C[C@H](c1nnc(-c2cccs2)o1)N1CCN(S(=O)(=O)c2ccc3c(c2)OCCCO3)CC1. The molecule has 4 heterocycles. The van der Waals surface area contributed by atoms with E-state index >= 15 is 0 Å². The molecule has 0 unspecified atom stereocenters. The van der Waals surface area contributed by atoms with Gasteiger partial charge in [0, 0.05) is 38.7 Å². The molecular formula is C21H24N4O5S2. The Morgan fingerprint density at radius 3 is 2.56 bits per heavy atom. The largest absolute Gasteiger partial charge is 0.490 e. The molecule has 0 spiro atoms. The number of nitrogens with zero attached hydrogens (tertiary/aromatic N) is 4. The zero-order chi connectivity index (χ0) is 22.1. The van der Waals surface area contributed by atoms with Crippen molar-refractivity contribution in [2.75, 3.05) is 39.4 Å². The second kappa shape index (κ2) is 8.81. The molecule has 9 nitrogen and oxygen atoms in total. The van der Waals surface area contributed by atoms with Crippen LogP contribution < -0.4 is 9.47 Å². The van der Waals surface area contributed by atoms with Gasteiger partial charge in [0.1, 0.15) is 0 Å². The van der Waals surface area contributed by atoms with Crippen LogP contribution in [0.5, 0.6) is 11.5 Å². The predicted octanol–water partition coefficient (Wildman–Crippen LogP) is 3.03. The van der Waals surface area contributed by atoms with Gasteiger partial charge < -0.3 is 13.9 Å². The van der Waals surface area contributed by atoms with Crippen LogP contribution in [0.25, 0.3) is 10.8 Å². The normalized spacial score (nSPS) is 18.9. The summed E-state index contributed by atoms with van der Waals surface area (Å²) < 4.78 is 45.1. The van der Waals surface area contributed by atoms with E-state index in [0.717, 1.165) is 11.3 Å². The molecule has 170 valence electrons. The fourth-order valence-corrected chi connectivity index (χ4v) is 5.93. The lowest BCUT2D eigenvalue weighted by Gasteiger charge is -2.36. The standard InChI is InChI=1S/C21H24N4O5S2/c1-15(20-22-23-21(30-20)19-4-2-13-31-19)24-7-9-25(10-8-24)32(26,27)16-5-6-17-18(14-16)29-12-3-11-28-17/h2,4-6,13-15H,3,7-12H2,1H3/t15-/m1/s1. The molecule has 2 aliphatic heterocycles. The van der Waals surface area contributed by atoms with Crippen molar-refractivity contribution in [1.82, 2.24) is 19.4 Å². The maximum Gasteiger partial charge on any atom is 0.257 e. The van der Waals surface area contributed by atoms with Crippen molar-refractivity contribution in [1.29, 1.82) is 0 Å². The molecule has 32 heavy (non-hydrogen) atoms. The number of sulfonamides is 1. The molecule has 0 bridgehead atoms. The van der Waals surface area contributed by atoms with Crippen LogP contribution in [0.4, 0.5) is 0 Å². The van der Waals surface area contributed by atoms with Crippen LogP contribution >= 0.6 is 11.3 Å².